The van der Waals surface area contributed by atoms with E-state index in [-0.39, 0.29) is 19.1 Å². The lowest BCUT2D eigenvalue weighted by molar-refractivity contribution is -0.191. The van der Waals surface area contributed by atoms with Crippen LogP contribution in [0.15, 0.2) is 48.5 Å². The normalized spacial score (nSPS) is 23.3. The quantitative estimate of drug-likeness (QED) is 0.810. The van der Waals surface area contributed by atoms with E-state index in [2.05, 4.69) is 5.32 Å². The zero-order chi connectivity index (χ0) is 20.8. The summed E-state index contributed by atoms with van der Waals surface area (Å²) in [5.41, 5.74) is 0.684. The molecule has 29 heavy (non-hydrogen) atoms. The fraction of sp³-hybridized carbons (Fsp3) is 0.300. The van der Waals surface area contributed by atoms with Gasteiger partial charge in [0.2, 0.25) is 0 Å². The van der Waals surface area contributed by atoms with Crippen molar-refractivity contribution in [1.82, 2.24) is 4.90 Å². The van der Waals surface area contributed by atoms with E-state index in [1.807, 2.05) is 0 Å². The number of carbonyl (C=O) groups is 2. The molecule has 1 N–H and O–H groups in total. The van der Waals surface area contributed by atoms with Crippen LogP contribution in [-0.4, -0.2) is 42.1 Å². The van der Waals surface area contributed by atoms with Gasteiger partial charge in [-0.3, -0.25) is 9.59 Å². The molecule has 0 aromatic heterocycles. The first-order valence-electron chi connectivity index (χ1n) is 8.87. The van der Waals surface area contributed by atoms with Gasteiger partial charge in [-0.15, -0.1) is 0 Å². The van der Waals surface area contributed by atoms with Crippen LogP contribution < -0.4 is 5.32 Å². The van der Waals surface area contributed by atoms with E-state index in [1.54, 1.807) is 48.5 Å². The molecule has 0 aliphatic carbocycles. The Labute approximate surface area is 169 Å². The molecule has 9 heteroatoms. The number of benzene rings is 2. The fourth-order valence-electron chi connectivity index (χ4n) is 3.82. The third kappa shape index (κ3) is 3.70. The summed E-state index contributed by atoms with van der Waals surface area (Å²) in [4.78, 5) is 24.8. The average Bonchev–Trinajstić information content (AvgIpc) is 3.27. The second kappa shape index (κ2) is 7.03. The number of morpholine rings is 1. The first-order valence-corrected chi connectivity index (χ1v) is 9.25. The third-order valence-electron chi connectivity index (χ3n) is 5.26. The van der Waals surface area contributed by atoms with Crippen LogP contribution in [-0.2, 0) is 15.1 Å². The second-order valence-electron chi connectivity index (χ2n) is 7.13. The van der Waals surface area contributed by atoms with E-state index in [9.17, 15) is 22.8 Å². The highest BCUT2D eigenvalue weighted by atomic mass is 35.5. The fourth-order valence-corrected chi connectivity index (χ4v) is 3.95. The maximum absolute atomic E-state index is 12.8. The topological polar surface area (TPSA) is 58.6 Å². The molecule has 0 saturated carbocycles. The summed E-state index contributed by atoms with van der Waals surface area (Å²) in [7, 11) is 0. The summed E-state index contributed by atoms with van der Waals surface area (Å²) in [6, 6.07) is 12.5. The molecule has 2 aliphatic rings. The van der Waals surface area contributed by atoms with Gasteiger partial charge in [-0.05, 0) is 42.0 Å². The minimum Gasteiger partial charge on any atom is -0.366 e. The number of fused-ring (bicyclic) bond motifs is 2. The predicted octanol–water partition coefficient (Wildman–Crippen LogP) is 3.98. The van der Waals surface area contributed by atoms with Crippen molar-refractivity contribution in [2.24, 2.45) is 0 Å². The molecule has 2 atom stereocenters. The summed E-state index contributed by atoms with van der Waals surface area (Å²) in [5.74, 6) is -2.15. The van der Waals surface area contributed by atoms with Gasteiger partial charge in [0.1, 0.15) is 5.60 Å². The van der Waals surface area contributed by atoms with Crippen molar-refractivity contribution in [3.05, 3.63) is 64.7 Å². The highest BCUT2D eigenvalue weighted by Gasteiger charge is 2.57. The van der Waals surface area contributed by atoms with E-state index in [0.29, 0.717) is 28.3 Å². The van der Waals surface area contributed by atoms with Crippen molar-refractivity contribution in [3.8, 4) is 0 Å². The summed E-state index contributed by atoms with van der Waals surface area (Å²) >= 11 is 5.81. The number of carbonyl (C=O) groups excluding carboxylic acids is 2. The summed E-state index contributed by atoms with van der Waals surface area (Å²) in [6.45, 7) is -0.0800. The van der Waals surface area contributed by atoms with Crippen LogP contribution in [0.25, 0.3) is 0 Å². The van der Waals surface area contributed by atoms with Crippen molar-refractivity contribution in [1.29, 1.82) is 0 Å². The molecule has 2 aliphatic heterocycles. The molecule has 2 amide bonds. The third-order valence-corrected chi connectivity index (χ3v) is 5.51. The molecule has 2 aromatic rings. The standard InChI is InChI=1S/C20H16ClF3N2O3/c21-14-5-1-12(2-6-14)17(27)25-15-7-3-13(4-8-15)19-9-16(10-29-19)26(11-19)18(28)20(22,23)24/h1-8,16H,9-11H2,(H,25,27)/t16-,19-/m0/s1. The zero-order valence-electron chi connectivity index (χ0n) is 15.0. The molecule has 2 bridgehead atoms. The maximum Gasteiger partial charge on any atom is 0.471 e. The number of nitrogens with one attached hydrogen (secondary N) is 1. The van der Waals surface area contributed by atoms with Gasteiger partial charge < -0.3 is 15.0 Å². The number of alkyl halides is 3. The summed E-state index contributed by atoms with van der Waals surface area (Å²) < 4.78 is 44.2. The molecular formula is C20H16ClF3N2O3. The highest BCUT2D eigenvalue weighted by Crippen LogP contribution is 2.46. The van der Waals surface area contributed by atoms with Crippen molar-refractivity contribution < 1.29 is 27.5 Å². The molecule has 0 radical (unpaired) electrons. The minimum atomic E-state index is -4.90. The van der Waals surface area contributed by atoms with Gasteiger partial charge in [-0.1, -0.05) is 23.7 Å². The van der Waals surface area contributed by atoms with E-state index in [1.165, 1.54) is 0 Å². The van der Waals surface area contributed by atoms with Crippen LogP contribution in [0.5, 0.6) is 0 Å². The Balaban J connectivity index is 1.47. The Morgan fingerprint density at radius 2 is 1.76 bits per heavy atom. The van der Waals surface area contributed by atoms with Crippen LogP contribution in [0.4, 0.5) is 18.9 Å². The lowest BCUT2D eigenvalue weighted by Crippen LogP contribution is -2.49. The number of hydrogen-bond acceptors (Lipinski definition) is 3. The van der Waals surface area contributed by atoms with Crippen LogP contribution >= 0.6 is 11.6 Å². The van der Waals surface area contributed by atoms with E-state index in [0.717, 1.165) is 4.90 Å². The number of rotatable bonds is 3. The largest absolute Gasteiger partial charge is 0.471 e. The van der Waals surface area contributed by atoms with E-state index < -0.39 is 23.7 Å². The SMILES string of the molecule is O=C(Nc1ccc([C@@]23C[C@@H](CO2)N(C(=O)C(F)(F)F)C3)cc1)c1ccc(Cl)cc1. The van der Waals surface area contributed by atoms with E-state index >= 15 is 0 Å². The molecule has 152 valence electrons. The monoisotopic (exact) mass is 424 g/mol. The Kier molecular flexibility index (Phi) is 4.78. The van der Waals surface area contributed by atoms with Crippen molar-refractivity contribution in [2.45, 2.75) is 24.2 Å². The molecule has 0 unspecified atom stereocenters. The predicted molar refractivity (Wildman–Crippen MR) is 99.7 cm³/mol. The molecule has 5 nitrogen and oxygen atoms in total. The van der Waals surface area contributed by atoms with Crippen molar-refractivity contribution >= 4 is 29.1 Å². The van der Waals surface area contributed by atoms with Gasteiger partial charge in [0.25, 0.3) is 5.91 Å². The molecule has 2 fully saturated rings. The Bertz CT molecular complexity index is 947. The molecule has 0 spiro atoms. The second-order valence-corrected chi connectivity index (χ2v) is 7.57. The molecular weight excluding hydrogens is 409 g/mol. The van der Waals surface area contributed by atoms with Gasteiger partial charge in [-0.2, -0.15) is 13.2 Å². The number of amides is 2. The molecule has 2 saturated heterocycles. The average molecular weight is 425 g/mol. The lowest BCUT2D eigenvalue weighted by Gasteiger charge is -2.33. The Morgan fingerprint density at radius 1 is 1.10 bits per heavy atom. The first-order chi connectivity index (χ1) is 13.7. The number of halogens is 4. The zero-order valence-corrected chi connectivity index (χ0v) is 15.8. The molecule has 2 heterocycles. The van der Waals surface area contributed by atoms with Crippen molar-refractivity contribution in [3.63, 3.8) is 0 Å². The van der Waals surface area contributed by atoms with Crippen LogP contribution in [0.1, 0.15) is 22.3 Å². The first kappa shape index (κ1) is 19.7. The van der Waals surface area contributed by atoms with Crippen LogP contribution in [0.2, 0.25) is 5.02 Å². The van der Waals surface area contributed by atoms with Gasteiger partial charge in [0, 0.05) is 22.7 Å². The lowest BCUT2D eigenvalue weighted by atomic mass is 9.93. The van der Waals surface area contributed by atoms with Gasteiger partial charge in [0.15, 0.2) is 0 Å². The number of ether oxygens (including phenoxy) is 1. The van der Waals surface area contributed by atoms with Gasteiger partial charge >= 0.3 is 12.1 Å². The minimum absolute atomic E-state index is 0.0663. The highest BCUT2D eigenvalue weighted by molar-refractivity contribution is 6.30. The Hall–Kier alpha value is -2.58. The van der Waals surface area contributed by atoms with Crippen LogP contribution in [0, 0.1) is 0 Å². The van der Waals surface area contributed by atoms with Gasteiger partial charge in [0.05, 0.1) is 19.2 Å². The molecule has 2 aromatic carbocycles. The molecule has 4 rings (SSSR count). The number of hydrogen-bond donors (Lipinski definition) is 1. The smallest absolute Gasteiger partial charge is 0.366 e. The summed E-state index contributed by atoms with van der Waals surface area (Å²) in [6.07, 6.45) is -4.59. The number of nitrogens with zero attached hydrogens (tertiary/aromatic N) is 1. The van der Waals surface area contributed by atoms with Crippen LogP contribution in [0.3, 0.4) is 0 Å². The number of anilines is 1. The van der Waals surface area contributed by atoms with Crippen molar-refractivity contribution in [2.75, 3.05) is 18.5 Å². The maximum atomic E-state index is 12.8. The van der Waals surface area contributed by atoms with Gasteiger partial charge in [-0.25, -0.2) is 0 Å². The summed E-state index contributed by atoms with van der Waals surface area (Å²) in [5, 5.41) is 3.27. The Morgan fingerprint density at radius 3 is 2.38 bits per heavy atom. The van der Waals surface area contributed by atoms with E-state index in [4.69, 9.17) is 16.3 Å². The number of likely N-dealkylation sites (tertiary alicyclic amines) is 1.